The average molecular weight is 340 g/mol. The fourth-order valence-electron chi connectivity index (χ4n) is 2.10. The Balaban J connectivity index is 2.05. The number of ether oxygens (including phenoxy) is 1. The second-order valence-electron chi connectivity index (χ2n) is 4.75. The molecule has 0 aliphatic rings. The molecule has 0 unspecified atom stereocenters. The first-order valence-electron chi connectivity index (χ1n) is 7.20. The van der Waals surface area contributed by atoms with E-state index in [4.69, 9.17) is 10.00 Å². The zero-order valence-electron chi connectivity index (χ0n) is 13.1. The molecule has 0 atom stereocenters. The molecule has 0 saturated carbocycles. The summed E-state index contributed by atoms with van der Waals surface area (Å²) in [5.74, 6) is -1.00. The number of para-hydroxylation sites is 1. The molecule has 0 N–H and O–H groups in total. The Morgan fingerprint density at radius 3 is 2.46 bits per heavy atom. The number of thioether (sulfide) groups is 1. The maximum absolute atomic E-state index is 12.3. The smallest absolute Gasteiger partial charge is 0.339 e. The first-order chi connectivity index (χ1) is 11.7. The van der Waals surface area contributed by atoms with Crippen LogP contribution in [0.2, 0.25) is 0 Å². The van der Waals surface area contributed by atoms with Gasteiger partial charge in [-0.05, 0) is 30.5 Å². The summed E-state index contributed by atoms with van der Waals surface area (Å²) in [4.78, 5) is 26.6. The molecule has 5 nitrogen and oxygen atoms in total. The van der Waals surface area contributed by atoms with Crippen molar-refractivity contribution < 1.29 is 14.3 Å². The topological polar surface area (TPSA) is 70.4 Å². The standard InChI is InChI=1S/C18H16N2O3S/c1-24-16-10-6-5-9-15(16)18(22)23-13-17(21)20(12-11-19)14-7-3-2-4-8-14/h2-10H,12-13H2,1H3. The van der Waals surface area contributed by atoms with Gasteiger partial charge in [0.25, 0.3) is 5.91 Å². The average Bonchev–Trinajstić information content (AvgIpc) is 2.64. The van der Waals surface area contributed by atoms with E-state index in [0.29, 0.717) is 11.3 Å². The number of carbonyl (C=O) groups is 2. The van der Waals surface area contributed by atoms with Crippen LogP contribution in [0, 0.1) is 11.3 Å². The molecule has 24 heavy (non-hydrogen) atoms. The lowest BCUT2D eigenvalue weighted by Crippen LogP contribution is -2.35. The largest absolute Gasteiger partial charge is 0.452 e. The number of carbonyl (C=O) groups excluding carboxylic acids is 2. The summed E-state index contributed by atoms with van der Waals surface area (Å²) in [6.45, 7) is -0.528. The molecule has 1 amide bonds. The van der Waals surface area contributed by atoms with Crippen LogP contribution in [0.3, 0.4) is 0 Å². The number of nitrogens with zero attached hydrogens (tertiary/aromatic N) is 2. The molecule has 0 aliphatic carbocycles. The molecule has 2 rings (SSSR count). The van der Waals surface area contributed by atoms with Gasteiger partial charge in [-0.1, -0.05) is 30.3 Å². The molecule has 0 aliphatic heterocycles. The zero-order chi connectivity index (χ0) is 17.4. The van der Waals surface area contributed by atoms with Crippen LogP contribution in [-0.2, 0) is 9.53 Å². The predicted octanol–water partition coefficient (Wildman–Crippen LogP) is 3.12. The predicted molar refractivity (Wildman–Crippen MR) is 92.9 cm³/mol. The van der Waals surface area contributed by atoms with E-state index < -0.39 is 18.5 Å². The summed E-state index contributed by atoms with van der Waals surface area (Å²) < 4.78 is 5.13. The van der Waals surface area contributed by atoms with Crippen LogP contribution in [0.1, 0.15) is 10.4 Å². The quantitative estimate of drug-likeness (QED) is 0.459. The van der Waals surface area contributed by atoms with E-state index in [9.17, 15) is 9.59 Å². The van der Waals surface area contributed by atoms with E-state index in [1.54, 1.807) is 36.4 Å². The maximum atomic E-state index is 12.3. The van der Waals surface area contributed by atoms with Crippen molar-refractivity contribution in [3.63, 3.8) is 0 Å². The van der Waals surface area contributed by atoms with E-state index in [2.05, 4.69) is 0 Å². The van der Waals surface area contributed by atoms with Gasteiger partial charge in [-0.3, -0.25) is 9.69 Å². The number of anilines is 1. The minimum absolute atomic E-state index is 0.109. The Hall–Kier alpha value is -2.78. The Kier molecular flexibility index (Phi) is 6.41. The monoisotopic (exact) mass is 340 g/mol. The van der Waals surface area contributed by atoms with E-state index in [0.717, 1.165) is 4.90 Å². The second kappa shape index (κ2) is 8.75. The number of rotatable bonds is 6. The minimum Gasteiger partial charge on any atom is -0.452 e. The molecule has 0 heterocycles. The van der Waals surface area contributed by atoms with Gasteiger partial charge >= 0.3 is 5.97 Å². The normalized spacial score (nSPS) is 9.83. The van der Waals surface area contributed by atoms with Crippen LogP contribution in [0.25, 0.3) is 0 Å². The van der Waals surface area contributed by atoms with Gasteiger partial charge in [-0.2, -0.15) is 5.26 Å². The van der Waals surface area contributed by atoms with Crippen molar-refractivity contribution in [2.75, 3.05) is 24.3 Å². The molecule has 0 spiro atoms. The molecule has 0 aromatic heterocycles. The van der Waals surface area contributed by atoms with Crippen molar-refractivity contribution in [2.24, 2.45) is 0 Å². The van der Waals surface area contributed by atoms with Crippen LogP contribution in [-0.4, -0.2) is 31.3 Å². The Morgan fingerprint density at radius 1 is 1.12 bits per heavy atom. The number of amides is 1. The molecular formula is C18H16N2O3S. The summed E-state index contributed by atoms with van der Waals surface area (Å²) in [7, 11) is 0. The van der Waals surface area contributed by atoms with Crippen LogP contribution in [0.5, 0.6) is 0 Å². The third kappa shape index (κ3) is 4.37. The van der Waals surface area contributed by atoms with Crippen molar-refractivity contribution >= 4 is 29.3 Å². The highest BCUT2D eigenvalue weighted by molar-refractivity contribution is 7.98. The summed E-state index contributed by atoms with van der Waals surface area (Å²) in [6, 6.07) is 17.8. The van der Waals surface area contributed by atoms with E-state index in [-0.39, 0.29) is 6.54 Å². The van der Waals surface area contributed by atoms with Crippen LogP contribution in [0.15, 0.2) is 59.5 Å². The van der Waals surface area contributed by atoms with Crippen LogP contribution in [0.4, 0.5) is 5.69 Å². The van der Waals surface area contributed by atoms with Gasteiger partial charge in [0.1, 0.15) is 6.54 Å². The van der Waals surface area contributed by atoms with Gasteiger partial charge < -0.3 is 4.74 Å². The van der Waals surface area contributed by atoms with Gasteiger partial charge in [0.15, 0.2) is 6.61 Å². The number of hydrogen-bond donors (Lipinski definition) is 0. The molecule has 0 bridgehead atoms. The molecule has 122 valence electrons. The Labute approximate surface area is 144 Å². The number of benzene rings is 2. The van der Waals surface area contributed by atoms with E-state index in [1.165, 1.54) is 16.7 Å². The van der Waals surface area contributed by atoms with Gasteiger partial charge in [-0.15, -0.1) is 11.8 Å². The third-order valence-corrected chi connectivity index (χ3v) is 4.05. The zero-order valence-corrected chi connectivity index (χ0v) is 14.0. The lowest BCUT2D eigenvalue weighted by molar-refractivity contribution is -0.121. The van der Waals surface area contributed by atoms with Gasteiger partial charge in [0, 0.05) is 10.6 Å². The fourth-order valence-corrected chi connectivity index (χ4v) is 2.68. The maximum Gasteiger partial charge on any atom is 0.339 e. The van der Waals surface area contributed by atoms with Crippen LogP contribution >= 0.6 is 11.8 Å². The number of esters is 1. The first-order valence-corrected chi connectivity index (χ1v) is 8.42. The van der Waals surface area contributed by atoms with Crippen molar-refractivity contribution in [1.82, 2.24) is 0 Å². The lowest BCUT2D eigenvalue weighted by Gasteiger charge is -2.19. The van der Waals surface area contributed by atoms with Gasteiger partial charge in [-0.25, -0.2) is 4.79 Å². The summed E-state index contributed by atoms with van der Waals surface area (Å²) in [5.41, 5.74) is 1.01. The molecule has 2 aromatic rings. The highest BCUT2D eigenvalue weighted by atomic mass is 32.2. The number of nitriles is 1. The molecular weight excluding hydrogens is 324 g/mol. The van der Waals surface area contributed by atoms with E-state index >= 15 is 0 Å². The summed E-state index contributed by atoms with van der Waals surface area (Å²) in [5, 5.41) is 8.92. The third-order valence-electron chi connectivity index (χ3n) is 3.25. The van der Waals surface area contributed by atoms with Gasteiger partial charge in [0.05, 0.1) is 11.6 Å². The van der Waals surface area contributed by atoms with E-state index in [1.807, 2.05) is 30.5 Å². The van der Waals surface area contributed by atoms with Crippen molar-refractivity contribution in [3.05, 3.63) is 60.2 Å². The molecule has 0 saturated heterocycles. The van der Waals surface area contributed by atoms with Crippen LogP contribution < -0.4 is 4.90 Å². The Bertz CT molecular complexity index is 756. The van der Waals surface area contributed by atoms with Crippen molar-refractivity contribution in [1.29, 1.82) is 5.26 Å². The Morgan fingerprint density at radius 2 is 1.79 bits per heavy atom. The highest BCUT2D eigenvalue weighted by Gasteiger charge is 2.19. The molecule has 0 fully saturated rings. The fraction of sp³-hybridized carbons (Fsp3) is 0.167. The second-order valence-corrected chi connectivity index (χ2v) is 5.60. The summed E-state index contributed by atoms with van der Waals surface area (Å²) >= 11 is 1.43. The summed E-state index contributed by atoms with van der Waals surface area (Å²) in [6.07, 6.45) is 1.86. The lowest BCUT2D eigenvalue weighted by atomic mass is 10.2. The first kappa shape index (κ1) is 17.6. The molecule has 0 radical (unpaired) electrons. The molecule has 6 heteroatoms. The highest BCUT2D eigenvalue weighted by Crippen LogP contribution is 2.20. The van der Waals surface area contributed by atoms with Crippen molar-refractivity contribution in [3.8, 4) is 6.07 Å². The molecule has 2 aromatic carbocycles. The SMILES string of the molecule is CSc1ccccc1C(=O)OCC(=O)N(CC#N)c1ccccc1. The number of hydrogen-bond acceptors (Lipinski definition) is 5. The van der Waals surface area contributed by atoms with Crippen molar-refractivity contribution in [2.45, 2.75) is 4.90 Å². The minimum atomic E-state index is -0.557. The van der Waals surface area contributed by atoms with Gasteiger partial charge in [0.2, 0.25) is 0 Å².